The Labute approximate surface area is 93.5 Å². The van der Waals surface area contributed by atoms with E-state index in [1.54, 1.807) is 4.90 Å². The summed E-state index contributed by atoms with van der Waals surface area (Å²) in [5, 5.41) is 8.86. The third kappa shape index (κ3) is 1.91. The lowest BCUT2D eigenvalue weighted by Crippen LogP contribution is -2.35. The maximum atomic E-state index is 10.9. The summed E-state index contributed by atoms with van der Waals surface area (Å²) in [6.07, 6.45) is 1.50. The molecule has 4 heteroatoms. The van der Waals surface area contributed by atoms with Crippen LogP contribution in [0, 0.1) is 0 Å². The number of benzene rings is 1. The lowest BCUT2D eigenvalue weighted by molar-refractivity contribution is -0.139. The molecule has 1 aromatic rings. The summed E-state index contributed by atoms with van der Waals surface area (Å²) in [6, 6.07) is 7.39. The summed E-state index contributed by atoms with van der Waals surface area (Å²) >= 11 is 0. The Morgan fingerprint density at radius 2 is 2.25 bits per heavy atom. The Bertz CT molecular complexity index is 416. The molecule has 1 heterocycles. The second-order valence-corrected chi connectivity index (χ2v) is 3.91. The molecule has 0 aliphatic carbocycles. The molecule has 1 N–H and O–H groups in total. The monoisotopic (exact) mass is 219 g/mol. The number of amides is 1. The van der Waals surface area contributed by atoms with E-state index in [1.165, 1.54) is 0 Å². The van der Waals surface area contributed by atoms with E-state index in [0.717, 1.165) is 24.0 Å². The number of carbonyl (C=O) groups excluding carboxylic acids is 1. The molecule has 1 aromatic carbocycles. The van der Waals surface area contributed by atoms with Gasteiger partial charge in [-0.3, -0.25) is 9.59 Å². The average Bonchev–Trinajstić information content (AvgIpc) is 2.29. The number of hydrogen-bond acceptors (Lipinski definition) is 2. The number of rotatable bonds is 3. The van der Waals surface area contributed by atoms with Gasteiger partial charge in [0.05, 0.1) is 12.5 Å². The molecule has 0 fully saturated rings. The third-order valence-corrected chi connectivity index (χ3v) is 2.96. The molecule has 1 atom stereocenters. The van der Waals surface area contributed by atoms with E-state index in [4.69, 9.17) is 5.11 Å². The van der Waals surface area contributed by atoms with Crippen LogP contribution in [0.15, 0.2) is 24.3 Å². The number of fused-ring (bicyclic) bond motifs is 1. The van der Waals surface area contributed by atoms with Gasteiger partial charge in [-0.05, 0) is 17.5 Å². The van der Waals surface area contributed by atoms with Crippen molar-refractivity contribution in [2.75, 3.05) is 6.54 Å². The maximum absolute atomic E-state index is 10.9. The summed E-state index contributed by atoms with van der Waals surface area (Å²) in [4.78, 5) is 23.3. The number of nitrogens with zero attached hydrogens (tertiary/aromatic N) is 1. The lowest BCUT2D eigenvalue weighted by Gasteiger charge is -2.33. The summed E-state index contributed by atoms with van der Waals surface area (Å²) in [5.41, 5.74) is 2.11. The molecule has 4 nitrogen and oxygen atoms in total. The SMILES string of the molecule is O=CN1CCc2ccccc2C1CC(=O)O. The second kappa shape index (κ2) is 4.35. The van der Waals surface area contributed by atoms with E-state index in [9.17, 15) is 9.59 Å². The highest BCUT2D eigenvalue weighted by Gasteiger charge is 2.27. The lowest BCUT2D eigenvalue weighted by atomic mass is 9.91. The highest BCUT2D eigenvalue weighted by Crippen LogP contribution is 2.30. The normalized spacial score (nSPS) is 19.0. The molecule has 0 bridgehead atoms. The van der Waals surface area contributed by atoms with Crippen LogP contribution >= 0.6 is 0 Å². The molecule has 0 aromatic heterocycles. The maximum Gasteiger partial charge on any atom is 0.305 e. The van der Waals surface area contributed by atoms with Crippen LogP contribution in [-0.2, 0) is 16.0 Å². The first kappa shape index (κ1) is 10.7. The van der Waals surface area contributed by atoms with Crippen molar-refractivity contribution in [1.29, 1.82) is 0 Å². The van der Waals surface area contributed by atoms with Crippen molar-refractivity contribution >= 4 is 12.4 Å². The van der Waals surface area contributed by atoms with Gasteiger partial charge in [0.15, 0.2) is 0 Å². The van der Waals surface area contributed by atoms with E-state index in [-0.39, 0.29) is 12.5 Å². The fraction of sp³-hybridized carbons (Fsp3) is 0.333. The molecular weight excluding hydrogens is 206 g/mol. The van der Waals surface area contributed by atoms with Crippen molar-refractivity contribution in [3.05, 3.63) is 35.4 Å². The van der Waals surface area contributed by atoms with Crippen molar-refractivity contribution < 1.29 is 14.7 Å². The average molecular weight is 219 g/mol. The highest BCUT2D eigenvalue weighted by atomic mass is 16.4. The Kier molecular flexibility index (Phi) is 2.90. The van der Waals surface area contributed by atoms with Gasteiger partial charge in [-0.15, -0.1) is 0 Å². The third-order valence-electron chi connectivity index (χ3n) is 2.96. The van der Waals surface area contributed by atoms with Gasteiger partial charge in [-0.1, -0.05) is 24.3 Å². The smallest absolute Gasteiger partial charge is 0.305 e. The van der Waals surface area contributed by atoms with Crippen LogP contribution < -0.4 is 0 Å². The van der Waals surface area contributed by atoms with Crippen LogP contribution in [0.4, 0.5) is 0 Å². The van der Waals surface area contributed by atoms with E-state index in [2.05, 4.69) is 0 Å². The molecule has 0 radical (unpaired) electrons. The molecule has 0 saturated heterocycles. The fourth-order valence-corrected chi connectivity index (χ4v) is 2.19. The van der Waals surface area contributed by atoms with Gasteiger partial charge in [-0.25, -0.2) is 0 Å². The molecule has 84 valence electrons. The summed E-state index contributed by atoms with van der Waals surface area (Å²) in [6.45, 7) is 0.596. The van der Waals surface area contributed by atoms with Gasteiger partial charge in [0.25, 0.3) is 0 Å². The predicted octanol–water partition coefficient (Wildman–Crippen LogP) is 1.22. The zero-order valence-electron chi connectivity index (χ0n) is 8.80. The largest absolute Gasteiger partial charge is 0.481 e. The van der Waals surface area contributed by atoms with Gasteiger partial charge >= 0.3 is 5.97 Å². The molecule has 0 spiro atoms. The number of carbonyl (C=O) groups is 2. The summed E-state index contributed by atoms with van der Waals surface area (Å²) < 4.78 is 0. The zero-order chi connectivity index (χ0) is 11.5. The molecular formula is C12H13NO3. The van der Waals surface area contributed by atoms with Crippen molar-refractivity contribution in [3.8, 4) is 0 Å². The molecule has 1 aliphatic rings. The fourth-order valence-electron chi connectivity index (χ4n) is 2.19. The summed E-state index contributed by atoms with van der Waals surface area (Å²) in [5.74, 6) is -0.881. The first-order chi connectivity index (χ1) is 7.72. The van der Waals surface area contributed by atoms with E-state index >= 15 is 0 Å². The van der Waals surface area contributed by atoms with E-state index < -0.39 is 5.97 Å². The molecule has 0 saturated carbocycles. The van der Waals surface area contributed by atoms with E-state index in [1.807, 2.05) is 24.3 Å². The standard InChI is InChI=1S/C12H13NO3/c14-8-13-6-5-9-3-1-2-4-10(9)11(13)7-12(15)16/h1-4,8,11H,5-7H2,(H,15,16). The zero-order valence-corrected chi connectivity index (χ0v) is 8.80. The van der Waals surface area contributed by atoms with Crippen LogP contribution in [-0.4, -0.2) is 28.9 Å². The molecule has 1 aliphatic heterocycles. The number of carboxylic acid groups (broad SMARTS) is 1. The van der Waals surface area contributed by atoms with Crippen molar-refractivity contribution in [2.24, 2.45) is 0 Å². The minimum absolute atomic E-state index is 0.0320. The highest BCUT2D eigenvalue weighted by molar-refractivity contribution is 5.69. The Hall–Kier alpha value is -1.84. The summed E-state index contributed by atoms with van der Waals surface area (Å²) in [7, 11) is 0. The van der Waals surface area contributed by atoms with Crippen molar-refractivity contribution in [1.82, 2.24) is 4.90 Å². The molecule has 16 heavy (non-hydrogen) atoms. The van der Waals surface area contributed by atoms with Crippen LogP contribution in [0.25, 0.3) is 0 Å². The van der Waals surface area contributed by atoms with Gasteiger partial charge in [0, 0.05) is 6.54 Å². The van der Waals surface area contributed by atoms with Gasteiger partial charge < -0.3 is 10.0 Å². The Morgan fingerprint density at radius 1 is 1.50 bits per heavy atom. The topological polar surface area (TPSA) is 57.6 Å². The van der Waals surface area contributed by atoms with Crippen molar-refractivity contribution in [3.63, 3.8) is 0 Å². The number of carboxylic acids is 1. The first-order valence-corrected chi connectivity index (χ1v) is 5.23. The molecule has 2 rings (SSSR count). The molecule has 1 unspecified atom stereocenters. The number of aliphatic carboxylic acids is 1. The predicted molar refractivity (Wildman–Crippen MR) is 57.9 cm³/mol. The van der Waals surface area contributed by atoms with Gasteiger partial charge in [0.1, 0.15) is 0 Å². The quantitative estimate of drug-likeness (QED) is 0.777. The number of hydrogen-bond donors (Lipinski definition) is 1. The van der Waals surface area contributed by atoms with Gasteiger partial charge in [0.2, 0.25) is 6.41 Å². The van der Waals surface area contributed by atoms with Crippen molar-refractivity contribution in [2.45, 2.75) is 18.9 Å². The Balaban J connectivity index is 2.36. The van der Waals surface area contributed by atoms with Gasteiger partial charge in [-0.2, -0.15) is 0 Å². The Morgan fingerprint density at radius 3 is 2.94 bits per heavy atom. The van der Waals surface area contributed by atoms with E-state index in [0.29, 0.717) is 6.54 Å². The minimum atomic E-state index is -0.881. The minimum Gasteiger partial charge on any atom is -0.481 e. The first-order valence-electron chi connectivity index (χ1n) is 5.23. The second-order valence-electron chi connectivity index (χ2n) is 3.91. The van der Waals surface area contributed by atoms with Crippen LogP contribution in [0.5, 0.6) is 0 Å². The van der Waals surface area contributed by atoms with Crippen LogP contribution in [0.3, 0.4) is 0 Å². The molecule has 1 amide bonds. The van der Waals surface area contributed by atoms with Crippen LogP contribution in [0.1, 0.15) is 23.6 Å². The van der Waals surface area contributed by atoms with Crippen LogP contribution in [0.2, 0.25) is 0 Å².